The van der Waals surface area contributed by atoms with Crippen molar-refractivity contribution in [3.8, 4) is 0 Å². The highest BCUT2D eigenvalue weighted by Crippen LogP contribution is 2.25. The number of carbonyl (C=O) groups is 1. The van der Waals surface area contributed by atoms with Crippen molar-refractivity contribution >= 4 is 17.6 Å². The third-order valence-corrected chi connectivity index (χ3v) is 4.67. The number of rotatable bonds is 6. The third kappa shape index (κ3) is 4.56. The van der Waals surface area contributed by atoms with Crippen LogP contribution in [0, 0.1) is 13.8 Å². The van der Waals surface area contributed by atoms with Gasteiger partial charge in [-0.15, -0.1) is 0 Å². The zero-order valence-electron chi connectivity index (χ0n) is 16.0. The number of hydrogen-bond acceptors (Lipinski definition) is 2. The van der Waals surface area contributed by atoms with Crippen LogP contribution in [0.25, 0.3) is 11.6 Å². The SMILES string of the molecule is CC[C@H](NC(=O)/C(=C/c1ccco1)c1ccccc1)c1ccc(C)cc1C. The molecule has 0 unspecified atom stereocenters. The van der Waals surface area contributed by atoms with Gasteiger partial charge < -0.3 is 9.73 Å². The Labute approximate surface area is 160 Å². The van der Waals surface area contributed by atoms with E-state index in [0.717, 1.165) is 17.5 Å². The molecule has 1 heterocycles. The maximum absolute atomic E-state index is 13.2. The number of amides is 1. The van der Waals surface area contributed by atoms with E-state index >= 15 is 0 Å². The van der Waals surface area contributed by atoms with E-state index in [9.17, 15) is 4.79 Å². The smallest absolute Gasteiger partial charge is 0.252 e. The molecule has 0 aliphatic heterocycles. The second-order valence-electron chi connectivity index (χ2n) is 6.73. The molecule has 3 aromatic rings. The molecule has 2 aromatic carbocycles. The number of furan rings is 1. The van der Waals surface area contributed by atoms with Crippen molar-refractivity contribution in [1.29, 1.82) is 0 Å². The normalized spacial score (nSPS) is 12.6. The van der Waals surface area contributed by atoms with Gasteiger partial charge in [0.2, 0.25) is 0 Å². The summed E-state index contributed by atoms with van der Waals surface area (Å²) >= 11 is 0. The van der Waals surface area contributed by atoms with Crippen LogP contribution in [0.15, 0.2) is 71.3 Å². The van der Waals surface area contributed by atoms with Crippen molar-refractivity contribution in [2.24, 2.45) is 0 Å². The molecule has 0 radical (unpaired) electrons. The monoisotopic (exact) mass is 359 g/mol. The van der Waals surface area contributed by atoms with Crippen LogP contribution < -0.4 is 5.32 Å². The summed E-state index contributed by atoms with van der Waals surface area (Å²) in [5, 5.41) is 3.21. The van der Waals surface area contributed by atoms with Gasteiger partial charge in [0.1, 0.15) is 5.76 Å². The first-order chi connectivity index (χ1) is 13.1. The number of nitrogens with one attached hydrogen (secondary N) is 1. The van der Waals surface area contributed by atoms with Crippen molar-refractivity contribution in [1.82, 2.24) is 5.32 Å². The van der Waals surface area contributed by atoms with Crippen LogP contribution in [0.2, 0.25) is 0 Å². The Kier molecular flexibility index (Phi) is 5.92. The second kappa shape index (κ2) is 8.54. The summed E-state index contributed by atoms with van der Waals surface area (Å²) in [6.45, 7) is 6.26. The highest BCUT2D eigenvalue weighted by Gasteiger charge is 2.19. The van der Waals surface area contributed by atoms with Crippen LogP contribution in [0.1, 0.15) is 47.4 Å². The van der Waals surface area contributed by atoms with Gasteiger partial charge in [0.25, 0.3) is 5.91 Å². The highest BCUT2D eigenvalue weighted by molar-refractivity contribution is 6.24. The summed E-state index contributed by atoms with van der Waals surface area (Å²) in [5.74, 6) is 0.549. The van der Waals surface area contributed by atoms with Gasteiger partial charge in [-0.1, -0.05) is 61.0 Å². The zero-order chi connectivity index (χ0) is 19.2. The Morgan fingerprint density at radius 3 is 2.48 bits per heavy atom. The van der Waals surface area contributed by atoms with E-state index in [-0.39, 0.29) is 11.9 Å². The van der Waals surface area contributed by atoms with Gasteiger partial charge in [-0.2, -0.15) is 0 Å². The van der Waals surface area contributed by atoms with E-state index in [1.807, 2.05) is 42.5 Å². The number of benzene rings is 2. The Balaban J connectivity index is 1.92. The molecule has 0 saturated heterocycles. The van der Waals surface area contributed by atoms with Crippen LogP contribution in [0.5, 0.6) is 0 Å². The van der Waals surface area contributed by atoms with Gasteiger partial charge in [0, 0.05) is 0 Å². The first-order valence-corrected chi connectivity index (χ1v) is 9.27. The van der Waals surface area contributed by atoms with Gasteiger partial charge >= 0.3 is 0 Å². The summed E-state index contributed by atoms with van der Waals surface area (Å²) in [5.41, 5.74) is 5.02. The van der Waals surface area contributed by atoms with E-state index < -0.39 is 0 Å². The molecule has 3 rings (SSSR count). The summed E-state index contributed by atoms with van der Waals surface area (Å²) in [6.07, 6.45) is 4.22. The molecule has 0 spiro atoms. The minimum Gasteiger partial charge on any atom is -0.465 e. The molecule has 1 atom stereocenters. The average molecular weight is 359 g/mol. The van der Waals surface area contributed by atoms with Gasteiger partial charge in [-0.05, 0) is 55.2 Å². The molecule has 3 nitrogen and oxygen atoms in total. The molecule has 1 N–H and O–H groups in total. The predicted octanol–water partition coefficient (Wildman–Crippen LogP) is 5.70. The summed E-state index contributed by atoms with van der Waals surface area (Å²) in [7, 11) is 0. The quantitative estimate of drug-likeness (QED) is 0.573. The number of carbonyl (C=O) groups excluding carboxylic acids is 1. The minimum absolute atomic E-state index is 0.0400. The first-order valence-electron chi connectivity index (χ1n) is 9.27. The Morgan fingerprint density at radius 1 is 1.07 bits per heavy atom. The summed E-state index contributed by atoms with van der Waals surface area (Å²) < 4.78 is 5.43. The Morgan fingerprint density at radius 2 is 1.85 bits per heavy atom. The molecule has 1 amide bonds. The molecule has 0 aliphatic carbocycles. The first kappa shape index (κ1) is 18.7. The average Bonchev–Trinajstić information content (AvgIpc) is 3.18. The molecule has 27 heavy (non-hydrogen) atoms. The van der Waals surface area contributed by atoms with E-state index in [4.69, 9.17) is 4.42 Å². The van der Waals surface area contributed by atoms with Crippen LogP contribution in [-0.4, -0.2) is 5.91 Å². The van der Waals surface area contributed by atoms with Gasteiger partial charge in [-0.3, -0.25) is 4.79 Å². The lowest BCUT2D eigenvalue weighted by atomic mass is 9.96. The van der Waals surface area contributed by atoms with Crippen molar-refractivity contribution in [3.63, 3.8) is 0 Å². The van der Waals surface area contributed by atoms with Gasteiger partial charge in [0.15, 0.2) is 0 Å². The predicted molar refractivity (Wildman–Crippen MR) is 110 cm³/mol. The van der Waals surface area contributed by atoms with Crippen LogP contribution in [-0.2, 0) is 4.79 Å². The summed E-state index contributed by atoms with van der Waals surface area (Å²) in [6, 6.07) is 19.7. The maximum atomic E-state index is 13.2. The van der Waals surface area contributed by atoms with Crippen molar-refractivity contribution in [2.75, 3.05) is 0 Å². The molecule has 138 valence electrons. The summed E-state index contributed by atoms with van der Waals surface area (Å²) in [4.78, 5) is 13.2. The largest absolute Gasteiger partial charge is 0.465 e. The molecule has 0 aliphatic rings. The van der Waals surface area contributed by atoms with Crippen molar-refractivity contribution in [3.05, 3.63) is 94.9 Å². The second-order valence-corrected chi connectivity index (χ2v) is 6.73. The van der Waals surface area contributed by atoms with Gasteiger partial charge in [0.05, 0.1) is 17.9 Å². The number of hydrogen-bond donors (Lipinski definition) is 1. The molecule has 1 aromatic heterocycles. The molecule has 0 bridgehead atoms. The fraction of sp³-hybridized carbons (Fsp3) is 0.208. The van der Waals surface area contributed by atoms with Crippen LogP contribution >= 0.6 is 0 Å². The van der Waals surface area contributed by atoms with Crippen molar-refractivity contribution in [2.45, 2.75) is 33.2 Å². The fourth-order valence-electron chi connectivity index (χ4n) is 3.27. The van der Waals surface area contributed by atoms with E-state index in [1.54, 1.807) is 12.3 Å². The fourth-order valence-corrected chi connectivity index (χ4v) is 3.27. The minimum atomic E-state index is -0.107. The molecule has 3 heteroatoms. The van der Waals surface area contributed by atoms with Crippen LogP contribution in [0.3, 0.4) is 0 Å². The van der Waals surface area contributed by atoms with E-state index in [0.29, 0.717) is 11.3 Å². The van der Waals surface area contributed by atoms with Crippen LogP contribution in [0.4, 0.5) is 0 Å². The topological polar surface area (TPSA) is 42.2 Å². The zero-order valence-corrected chi connectivity index (χ0v) is 16.0. The Hall–Kier alpha value is -3.07. The Bertz CT molecular complexity index is 924. The standard InChI is InChI=1S/C24H25NO2/c1-4-23(21-13-12-17(2)15-18(21)3)25-24(26)22(16-20-11-8-14-27-20)19-9-6-5-7-10-19/h5-16,23H,4H2,1-3H3,(H,25,26)/b22-16+/t23-/m0/s1. The highest BCUT2D eigenvalue weighted by atomic mass is 16.3. The lowest BCUT2D eigenvalue weighted by Gasteiger charge is -2.21. The lowest BCUT2D eigenvalue weighted by Crippen LogP contribution is -2.29. The molecule has 0 saturated carbocycles. The molecular formula is C24H25NO2. The van der Waals surface area contributed by atoms with Gasteiger partial charge in [-0.25, -0.2) is 0 Å². The maximum Gasteiger partial charge on any atom is 0.252 e. The molecule has 0 fully saturated rings. The third-order valence-electron chi connectivity index (χ3n) is 4.67. The number of aryl methyl sites for hydroxylation is 2. The molecular weight excluding hydrogens is 334 g/mol. The lowest BCUT2D eigenvalue weighted by molar-refractivity contribution is -0.116. The van der Waals surface area contributed by atoms with Crippen molar-refractivity contribution < 1.29 is 9.21 Å². The van der Waals surface area contributed by atoms with E-state index in [2.05, 4.69) is 44.3 Å². The van der Waals surface area contributed by atoms with E-state index in [1.165, 1.54) is 11.1 Å².